The molecule has 0 saturated heterocycles. The van der Waals surface area contributed by atoms with Crippen LogP contribution in [0, 0.1) is 11.8 Å². The van der Waals surface area contributed by atoms with Crippen molar-refractivity contribution < 1.29 is 0 Å². The van der Waals surface area contributed by atoms with Gasteiger partial charge in [0.2, 0.25) is 0 Å². The molecule has 1 saturated carbocycles. The van der Waals surface area contributed by atoms with Crippen LogP contribution in [0.25, 0.3) is 0 Å². The average Bonchev–Trinajstić information content (AvgIpc) is 2.58. The van der Waals surface area contributed by atoms with Gasteiger partial charge in [-0.1, -0.05) is 32.0 Å². The molecule has 2 nitrogen and oxygen atoms in total. The Balaban J connectivity index is 1.90. The van der Waals surface area contributed by atoms with E-state index in [9.17, 15) is 0 Å². The molecular formula is C18H28N2. The Hall–Kier alpha value is -1.02. The first-order chi connectivity index (χ1) is 9.63. The van der Waals surface area contributed by atoms with Gasteiger partial charge in [0.05, 0.1) is 0 Å². The Bertz CT molecular complexity index is 446. The summed E-state index contributed by atoms with van der Waals surface area (Å²) in [6.45, 7) is 9.31. The van der Waals surface area contributed by atoms with Crippen molar-refractivity contribution in [3.8, 4) is 0 Å². The van der Waals surface area contributed by atoms with E-state index in [1.165, 1.54) is 30.5 Å². The van der Waals surface area contributed by atoms with Crippen molar-refractivity contribution in [3.05, 3.63) is 29.8 Å². The van der Waals surface area contributed by atoms with Crippen LogP contribution in [0.3, 0.4) is 0 Å². The Morgan fingerprint density at radius 3 is 2.45 bits per heavy atom. The number of benzene rings is 1. The van der Waals surface area contributed by atoms with Gasteiger partial charge in [0, 0.05) is 30.9 Å². The van der Waals surface area contributed by atoms with Crippen molar-refractivity contribution in [1.82, 2.24) is 5.32 Å². The fourth-order valence-electron chi connectivity index (χ4n) is 4.19. The first kappa shape index (κ1) is 13.9. The van der Waals surface area contributed by atoms with Crippen LogP contribution in [-0.4, -0.2) is 18.6 Å². The maximum atomic E-state index is 3.65. The molecule has 3 unspecified atom stereocenters. The molecule has 1 fully saturated rings. The van der Waals surface area contributed by atoms with Crippen LogP contribution in [0.2, 0.25) is 0 Å². The van der Waals surface area contributed by atoms with Crippen molar-refractivity contribution in [2.45, 2.75) is 58.7 Å². The highest BCUT2D eigenvalue weighted by Gasteiger charge is 2.31. The number of nitrogens with zero attached hydrogens (tertiary/aromatic N) is 1. The van der Waals surface area contributed by atoms with E-state index < -0.39 is 0 Å². The van der Waals surface area contributed by atoms with E-state index >= 15 is 0 Å². The van der Waals surface area contributed by atoms with E-state index in [4.69, 9.17) is 0 Å². The number of para-hydroxylation sites is 1. The fraction of sp³-hybridized carbons (Fsp3) is 0.667. The zero-order valence-corrected chi connectivity index (χ0v) is 13.1. The largest absolute Gasteiger partial charge is 0.367 e. The minimum Gasteiger partial charge on any atom is -0.367 e. The highest BCUT2D eigenvalue weighted by atomic mass is 15.2. The summed E-state index contributed by atoms with van der Waals surface area (Å²) < 4.78 is 0. The second kappa shape index (κ2) is 5.77. The van der Waals surface area contributed by atoms with E-state index in [1.807, 2.05) is 0 Å². The first-order valence-electron chi connectivity index (χ1n) is 8.21. The lowest BCUT2D eigenvalue weighted by atomic mass is 9.79. The van der Waals surface area contributed by atoms with Crippen LogP contribution in [-0.2, 0) is 6.54 Å². The molecule has 1 heterocycles. The quantitative estimate of drug-likeness (QED) is 0.836. The molecule has 20 heavy (non-hydrogen) atoms. The van der Waals surface area contributed by atoms with Gasteiger partial charge in [-0.05, 0) is 49.7 Å². The van der Waals surface area contributed by atoms with E-state index in [2.05, 4.69) is 55.3 Å². The lowest BCUT2D eigenvalue weighted by Crippen LogP contribution is -2.45. The summed E-state index contributed by atoms with van der Waals surface area (Å²) in [5.41, 5.74) is 2.93. The fourth-order valence-corrected chi connectivity index (χ4v) is 4.19. The highest BCUT2D eigenvalue weighted by Crippen LogP contribution is 2.35. The Morgan fingerprint density at radius 1 is 1.00 bits per heavy atom. The third kappa shape index (κ3) is 2.85. The molecule has 2 heteroatoms. The van der Waals surface area contributed by atoms with Crippen molar-refractivity contribution in [3.63, 3.8) is 0 Å². The molecular weight excluding hydrogens is 244 g/mol. The zero-order chi connectivity index (χ0) is 14.1. The molecule has 110 valence electrons. The van der Waals surface area contributed by atoms with Crippen LogP contribution in [0.4, 0.5) is 5.69 Å². The Labute approximate surface area is 123 Å². The highest BCUT2D eigenvalue weighted by molar-refractivity contribution is 5.55. The molecule has 3 atom stereocenters. The van der Waals surface area contributed by atoms with E-state index in [0.717, 1.165) is 31.0 Å². The minimum absolute atomic E-state index is 0.565. The summed E-state index contributed by atoms with van der Waals surface area (Å²) in [5, 5.41) is 3.65. The summed E-state index contributed by atoms with van der Waals surface area (Å²) in [7, 11) is 0. The van der Waals surface area contributed by atoms with Crippen molar-refractivity contribution in [1.29, 1.82) is 0 Å². The third-order valence-corrected chi connectivity index (χ3v) is 5.01. The SMILES string of the molecule is CC1CC(C)CC(N2CC(C)NCc3ccccc32)C1. The minimum atomic E-state index is 0.565. The lowest BCUT2D eigenvalue weighted by Gasteiger charge is -2.41. The third-order valence-electron chi connectivity index (χ3n) is 5.01. The number of hydrogen-bond donors (Lipinski definition) is 1. The molecule has 0 spiro atoms. The van der Waals surface area contributed by atoms with Gasteiger partial charge in [0.15, 0.2) is 0 Å². The van der Waals surface area contributed by atoms with Gasteiger partial charge in [-0.2, -0.15) is 0 Å². The van der Waals surface area contributed by atoms with Crippen LogP contribution < -0.4 is 10.2 Å². The molecule has 0 aromatic heterocycles. The first-order valence-corrected chi connectivity index (χ1v) is 8.21. The maximum Gasteiger partial charge on any atom is 0.0414 e. The molecule has 1 aromatic rings. The van der Waals surface area contributed by atoms with Gasteiger partial charge in [0.1, 0.15) is 0 Å². The molecule has 1 N–H and O–H groups in total. The Morgan fingerprint density at radius 2 is 1.70 bits per heavy atom. The van der Waals surface area contributed by atoms with Gasteiger partial charge in [-0.25, -0.2) is 0 Å². The second-order valence-electron chi connectivity index (χ2n) is 7.13. The predicted molar refractivity (Wildman–Crippen MR) is 86.1 cm³/mol. The Kier molecular flexibility index (Phi) is 4.02. The smallest absolute Gasteiger partial charge is 0.0414 e. The van der Waals surface area contributed by atoms with Gasteiger partial charge in [-0.3, -0.25) is 0 Å². The zero-order valence-electron chi connectivity index (χ0n) is 13.1. The average molecular weight is 272 g/mol. The van der Waals surface area contributed by atoms with E-state index in [0.29, 0.717) is 6.04 Å². The second-order valence-corrected chi connectivity index (χ2v) is 7.13. The van der Waals surface area contributed by atoms with Crippen molar-refractivity contribution in [2.24, 2.45) is 11.8 Å². The number of fused-ring (bicyclic) bond motifs is 1. The molecule has 0 amide bonds. The summed E-state index contributed by atoms with van der Waals surface area (Å²) in [5.74, 6) is 1.73. The molecule has 3 rings (SSSR count). The molecule has 1 aliphatic heterocycles. The number of anilines is 1. The molecule has 0 radical (unpaired) electrons. The van der Waals surface area contributed by atoms with Crippen LogP contribution in [0.15, 0.2) is 24.3 Å². The van der Waals surface area contributed by atoms with Gasteiger partial charge >= 0.3 is 0 Å². The lowest BCUT2D eigenvalue weighted by molar-refractivity contribution is 0.258. The van der Waals surface area contributed by atoms with Crippen molar-refractivity contribution >= 4 is 5.69 Å². The number of nitrogens with one attached hydrogen (secondary N) is 1. The number of rotatable bonds is 1. The number of hydrogen-bond acceptors (Lipinski definition) is 2. The molecule has 0 bridgehead atoms. The van der Waals surface area contributed by atoms with Crippen LogP contribution in [0.1, 0.15) is 45.6 Å². The topological polar surface area (TPSA) is 15.3 Å². The van der Waals surface area contributed by atoms with E-state index in [-0.39, 0.29) is 0 Å². The van der Waals surface area contributed by atoms with Crippen LogP contribution >= 0.6 is 0 Å². The monoisotopic (exact) mass is 272 g/mol. The van der Waals surface area contributed by atoms with Crippen LogP contribution in [0.5, 0.6) is 0 Å². The molecule has 1 aromatic carbocycles. The van der Waals surface area contributed by atoms with Gasteiger partial charge in [0.25, 0.3) is 0 Å². The summed E-state index contributed by atoms with van der Waals surface area (Å²) >= 11 is 0. The molecule has 2 aliphatic rings. The van der Waals surface area contributed by atoms with E-state index in [1.54, 1.807) is 0 Å². The molecule has 1 aliphatic carbocycles. The summed E-state index contributed by atoms with van der Waals surface area (Å²) in [6.07, 6.45) is 4.11. The summed E-state index contributed by atoms with van der Waals surface area (Å²) in [4.78, 5) is 2.70. The predicted octanol–water partition coefficient (Wildman–Crippen LogP) is 3.81. The van der Waals surface area contributed by atoms with Gasteiger partial charge in [-0.15, -0.1) is 0 Å². The van der Waals surface area contributed by atoms with Gasteiger partial charge < -0.3 is 10.2 Å². The standard InChI is InChI=1S/C18H28N2/c1-13-8-14(2)10-17(9-13)20-12-15(3)19-11-16-6-4-5-7-18(16)20/h4-7,13-15,17,19H,8-12H2,1-3H3. The maximum absolute atomic E-state index is 3.65. The summed E-state index contributed by atoms with van der Waals surface area (Å²) in [6, 6.07) is 10.2. The van der Waals surface area contributed by atoms with Crippen molar-refractivity contribution in [2.75, 3.05) is 11.4 Å². The normalized spacial score (nSPS) is 34.5.